The molecular weight excluding hydrogens is 292 g/mol. The number of carbonyl (C=O) groups is 1. The Morgan fingerprint density at radius 2 is 2.09 bits per heavy atom. The summed E-state index contributed by atoms with van der Waals surface area (Å²) in [5.41, 5.74) is 2.68. The number of amides is 1. The van der Waals surface area contributed by atoms with E-state index in [0.717, 1.165) is 11.1 Å². The van der Waals surface area contributed by atoms with Crippen LogP contribution in [0.2, 0.25) is 0 Å². The number of carbonyl (C=O) groups excluding carboxylic acids is 1. The number of nitrogens with zero attached hydrogens (tertiary/aromatic N) is 3. The summed E-state index contributed by atoms with van der Waals surface area (Å²) in [5, 5.41) is 6.75. The Morgan fingerprint density at radius 1 is 1.22 bits per heavy atom. The maximum absolute atomic E-state index is 11.9. The molecule has 1 N–H and O–H groups in total. The standard InChI is InChI=1S/C17H16N4O2/c1-12-5-2-3-7-14(12)17-20-16(23-21-17)9-8-15(22)19-13-6-4-10-18-11-13/h2-7,10-11H,8-9H2,1H3,(H,19,22). The molecule has 0 aliphatic rings. The Hall–Kier alpha value is -3.02. The van der Waals surface area contributed by atoms with E-state index in [-0.39, 0.29) is 12.3 Å². The molecule has 0 saturated carbocycles. The van der Waals surface area contributed by atoms with Crippen LogP contribution in [0.5, 0.6) is 0 Å². The molecule has 2 heterocycles. The van der Waals surface area contributed by atoms with Crippen LogP contribution in [0.4, 0.5) is 5.69 Å². The summed E-state index contributed by atoms with van der Waals surface area (Å²) in [5.74, 6) is 0.879. The lowest BCUT2D eigenvalue weighted by Crippen LogP contribution is -2.12. The highest BCUT2D eigenvalue weighted by Gasteiger charge is 2.12. The van der Waals surface area contributed by atoms with E-state index in [2.05, 4.69) is 20.4 Å². The van der Waals surface area contributed by atoms with Crippen molar-refractivity contribution in [2.45, 2.75) is 19.8 Å². The van der Waals surface area contributed by atoms with Crippen LogP contribution < -0.4 is 5.32 Å². The molecular formula is C17H16N4O2. The zero-order valence-corrected chi connectivity index (χ0v) is 12.7. The SMILES string of the molecule is Cc1ccccc1-c1noc(CCC(=O)Nc2cccnc2)n1. The van der Waals surface area contributed by atoms with E-state index >= 15 is 0 Å². The Balaban J connectivity index is 1.59. The summed E-state index contributed by atoms with van der Waals surface area (Å²) in [6.45, 7) is 1.99. The topological polar surface area (TPSA) is 80.9 Å². The number of hydrogen-bond donors (Lipinski definition) is 1. The van der Waals surface area contributed by atoms with E-state index in [0.29, 0.717) is 23.8 Å². The third-order valence-corrected chi connectivity index (χ3v) is 3.37. The Kier molecular flexibility index (Phi) is 4.42. The minimum absolute atomic E-state index is 0.117. The highest BCUT2D eigenvalue weighted by Crippen LogP contribution is 2.20. The molecule has 23 heavy (non-hydrogen) atoms. The first kappa shape index (κ1) is 14.9. The van der Waals surface area contributed by atoms with Gasteiger partial charge in [-0.2, -0.15) is 4.98 Å². The lowest BCUT2D eigenvalue weighted by atomic mass is 10.1. The van der Waals surface area contributed by atoms with Gasteiger partial charge in [0.2, 0.25) is 17.6 Å². The van der Waals surface area contributed by atoms with Crippen molar-refractivity contribution in [3.05, 3.63) is 60.2 Å². The fraction of sp³-hybridized carbons (Fsp3) is 0.176. The van der Waals surface area contributed by atoms with Crippen molar-refractivity contribution in [3.8, 4) is 11.4 Å². The fourth-order valence-corrected chi connectivity index (χ4v) is 2.17. The van der Waals surface area contributed by atoms with Crippen LogP contribution in [-0.2, 0) is 11.2 Å². The van der Waals surface area contributed by atoms with Crippen LogP contribution in [-0.4, -0.2) is 21.0 Å². The average Bonchev–Trinajstić information content (AvgIpc) is 3.03. The molecule has 6 nitrogen and oxygen atoms in total. The molecule has 2 aromatic heterocycles. The zero-order valence-electron chi connectivity index (χ0n) is 12.7. The summed E-state index contributed by atoms with van der Waals surface area (Å²) in [7, 11) is 0. The van der Waals surface area contributed by atoms with Crippen molar-refractivity contribution in [2.24, 2.45) is 0 Å². The van der Waals surface area contributed by atoms with Crippen LogP contribution in [0, 0.1) is 6.92 Å². The normalized spacial score (nSPS) is 10.5. The van der Waals surface area contributed by atoms with Gasteiger partial charge in [-0.05, 0) is 24.6 Å². The molecule has 1 amide bonds. The van der Waals surface area contributed by atoms with Crippen molar-refractivity contribution >= 4 is 11.6 Å². The molecule has 116 valence electrons. The van der Waals surface area contributed by atoms with Crippen LogP contribution in [0.1, 0.15) is 17.9 Å². The largest absolute Gasteiger partial charge is 0.339 e. The number of benzene rings is 1. The van der Waals surface area contributed by atoms with Crippen molar-refractivity contribution in [1.82, 2.24) is 15.1 Å². The molecule has 0 unspecified atom stereocenters. The summed E-state index contributed by atoms with van der Waals surface area (Å²) in [4.78, 5) is 20.2. The van der Waals surface area contributed by atoms with E-state index in [1.165, 1.54) is 0 Å². The monoisotopic (exact) mass is 308 g/mol. The number of rotatable bonds is 5. The van der Waals surface area contributed by atoms with Crippen LogP contribution in [0.15, 0.2) is 53.3 Å². The second-order valence-corrected chi connectivity index (χ2v) is 5.12. The molecule has 0 bridgehead atoms. The number of hydrogen-bond acceptors (Lipinski definition) is 5. The van der Waals surface area contributed by atoms with Gasteiger partial charge < -0.3 is 9.84 Å². The highest BCUT2D eigenvalue weighted by atomic mass is 16.5. The maximum Gasteiger partial charge on any atom is 0.227 e. The third-order valence-electron chi connectivity index (χ3n) is 3.37. The quantitative estimate of drug-likeness (QED) is 0.783. The third kappa shape index (κ3) is 3.79. The Morgan fingerprint density at radius 3 is 2.87 bits per heavy atom. The zero-order chi connectivity index (χ0) is 16.1. The highest BCUT2D eigenvalue weighted by molar-refractivity contribution is 5.90. The van der Waals surface area contributed by atoms with Crippen LogP contribution in [0.3, 0.4) is 0 Å². The van der Waals surface area contributed by atoms with Gasteiger partial charge in [0, 0.05) is 24.6 Å². The molecule has 0 radical (unpaired) electrons. The smallest absolute Gasteiger partial charge is 0.227 e. The average molecular weight is 308 g/mol. The first-order valence-corrected chi connectivity index (χ1v) is 7.31. The van der Waals surface area contributed by atoms with Crippen LogP contribution >= 0.6 is 0 Å². The van der Waals surface area contributed by atoms with Gasteiger partial charge in [0.05, 0.1) is 11.9 Å². The molecule has 3 aromatic rings. The maximum atomic E-state index is 11.9. The molecule has 0 saturated heterocycles. The van der Waals surface area contributed by atoms with E-state index in [4.69, 9.17) is 4.52 Å². The van der Waals surface area contributed by atoms with Gasteiger partial charge in [0.25, 0.3) is 0 Å². The lowest BCUT2D eigenvalue weighted by molar-refractivity contribution is -0.116. The van der Waals surface area contributed by atoms with E-state index < -0.39 is 0 Å². The second kappa shape index (κ2) is 6.83. The minimum atomic E-state index is -0.117. The van der Waals surface area contributed by atoms with Crippen molar-refractivity contribution in [3.63, 3.8) is 0 Å². The molecule has 0 atom stereocenters. The number of aryl methyl sites for hydroxylation is 2. The van der Waals surface area contributed by atoms with Crippen molar-refractivity contribution < 1.29 is 9.32 Å². The summed E-state index contributed by atoms with van der Waals surface area (Å²) >= 11 is 0. The molecule has 6 heteroatoms. The van der Waals surface area contributed by atoms with Gasteiger partial charge in [0.1, 0.15) is 0 Å². The Bertz CT molecular complexity index is 799. The van der Waals surface area contributed by atoms with Gasteiger partial charge in [-0.1, -0.05) is 29.4 Å². The number of anilines is 1. The van der Waals surface area contributed by atoms with Gasteiger partial charge in [0.15, 0.2) is 0 Å². The minimum Gasteiger partial charge on any atom is -0.339 e. The molecule has 1 aromatic carbocycles. The molecule has 0 aliphatic heterocycles. The first-order valence-electron chi connectivity index (χ1n) is 7.31. The van der Waals surface area contributed by atoms with Crippen LogP contribution in [0.25, 0.3) is 11.4 Å². The number of aromatic nitrogens is 3. The molecule has 3 rings (SSSR count). The predicted molar refractivity (Wildman–Crippen MR) is 85.7 cm³/mol. The Labute approximate surface area is 133 Å². The first-order chi connectivity index (χ1) is 11.2. The van der Waals surface area contributed by atoms with Gasteiger partial charge in [-0.15, -0.1) is 0 Å². The molecule has 0 fully saturated rings. The van der Waals surface area contributed by atoms with Gasteiger partial charge in [-0.25, -0.2) is 0 Å². The van der Waals surface area contributed by atoms with Gasteiger partial charge in [-0.3, -0.25) is 9.78 Å². The number of nitrogens with one attached hydrogen (secondary N) is 1. The van der Waals surface area contributed by atoms with Gasteiger partial charge >= 0.3 is 0 Å². The van der Waals surface area contributed by atoms with Crippen molar-refractivity contribution in [2.75, 3.05) is 5.32 Å². The second-order valence-electron chi connectivity index (χ2n) is 5.12. The van der Waals surface area contributed by atoms with E-state index in [1.54, 1.807) is 24.5 Å². The summed E-state index contributed by atoms with van der Waals surface area (Å²) < 4.78 is 5.22. The van der Waals surface area contributed by atoms with E-state index in [9.17, 15) is 4.79 Å². The number of pyridine rings is 1. The summed E-state index contributed by atoms with van der Waals surface area (Å²) in [6.07, 6.45) is 3.91. The molecule has 0 aliphatic carbocycles. The summed E-state index contributed by atoms with van der Waals surface area (Å²) in [6, 6.07) is 11.4. The van der Waals surface area contributed by atoms with Crippen molar-refractivity contribution in [1.29, 1.82) is 0 Å². The predicted octanol–water partition coefficient (Wildman–Crippen LogP) is 3.01. The lowest BCUT2D eigenvalue weighted by Gasteiger charge is -2.02. The fourth-order valence-electron chi connectivity index (χ4n) is 2.17. The molecule has 0 spiro atoms. The van der Waals surface area contributed by atoms with E-state index in [1.807, 2.05) is 31.2 Å².